The first-order chi connectivity index (χ1) is 4.73. The molecule has 0 fully saturated rings. The Bertz CT molecular complexity index is 154. The fourth-order valence-corrected chi connectivity index (χ4v) is 0.313. The van der Waals surface area contributed by atoms with Crippen LogP contribution < -0.4 is 0 Å². The highest BCUT2D eigenvalue weighted by Gasteiger charge is 1.93. The summed E-state index contributed by atoms with van der Waals surface area (Å²) in [6.07, 6.45) is 3.50. The van der Waals surface area contributed by atoms with E-state index in [2.05, 4.69) is 4.98 Å². The molecule has 0 unspecified atom stereocenters. The normalized spacial score (nSPS) is 6.73. The number of hydrogen-bond acceptors (Lipinski definition) is 2. The Balaban J connectivity index is 0. The molecule has 1 heterocycles. The monoisotopic (exact) mass is 196 g/mol. The Morgan fingerprint density at radius 2 is 1.45 bits per heavy atom. The molecule has 1 rings (SSSR count). The van der Waals surface area contributed by atoms with Crippen molar-refractivity contribution in [2.45, 2.75) is 0 Å². The maximum absolute atomic E-state index is 8.70. The first kappa shape index (κ1) is 13.1. The summed E-state index contributed by atoms with van der Waals surface area (Å²) in [4.78, 5) is 18.0. The number of hydrogen-bond donors (Lipinski definition) is 2. The molecule has 0 aromatic carbocycles. The second-order valence-corrected chi connectivity index (χ2v) is 1.78. The van der Waals surface area contributed by atoms with Gasteiger partial charge < -0.3 is 0 Å². The third kappa shape index (κ3) is 17.7. The van der Waals surface area contributed by atoms with E-state index in [-0.39, 0.29) is 12.4 Å². The molecule has 0 saturated carbocycles. The fraction of sp³-hybridized carbons (Fsp3) is 0. The van der Waals surface area contributed by atoms with E-state index in [1.807, 2.05) is 18.2 Å². The summed E-state index contributed by atoms with van der Waals surface area (Å²) >= 11 is 0. The Labute approximate surface area is 71.3 Å². The first-order valence-corrected chi connectivity index (χ1v) is 3.60. The van der Waals surface area contributed by atoms with Crippen LogP contribution in [-0.2, 0) is 4.57 Å². The Morgan fingerprint density at radius 1 is 1.09 bits per heavy atom. The Kier molecular flexibility index (Phi) is 11.2. The first-order valence-electron chi connectivity index (χ1n) is 2.43. The van der Waals surface area contributed by atoms with Gasteiger partial charge in [-0.3, -0.25) is 4.98 Å². The molecular weight excluding hydrogens is 188 g/mol. The molecule has 0 aliphatic heterocycles. The summed E-state index contributed by atoms with van der Waals surface area (Å²) in [5, 5.41) is 0. The lowest BCUT2D eigenvalue weighted by atomic mass is 10.5. The summed E-state index contributed by atoms with van der Waals surface area (Å²) in [6, 6.07) is 5.72. The van der Waals surface area contributed by atoms with Crippen LogP contribution in [0.3, 0.4) is 0 Å². The van der Waals surface area contributed by atoms with Gasteiger partial charge in [0.1, 0.15) is 0 Å². The molecule has 4 nitrogen and oxygen atoms in total. The van der Waals surface area contributed by atoms with Crippen LogP contribution in [0, 0.1) is 0 Å². The van der Waals surface area contributed by atoms with E-state index >= 15 is 0 Å². The van der Waals surface area contributed by atoms with Crippen LogP contribution in [0.2, 0.25) is 0 Å². The van der Waals surface area contributed by atoms with Crippen LogP contribution in [-0.4, -0.2) is 14.8 Å². The van der Waals surface area contributed by atoms with Gasteiger partial charge in [-0.15, -0.1) is 22.2 Å². The predicted molar refractivity (Wildman–Crippen MR) is 43.5 cm³/mol. The minimum Gasteiger partial charge on any atom is -0.265 e. The lowest BCUT2D eigenvalue weighted by molar-refractivity contribution is 0.405. The molecule has 6 heteroatoms. The van der Waals surface area contributed by atoms with Gasteiger partial charge in [-0.25, -0.2) is 0 Å². The maximum atomic E-state index is 8.70. The summed E-state index contributed by atoms with van der Waals surface area (Å²) in [5.41, 5.74) is 0. The highest BCUT2D eigenvalue weighted by atomic mass is 35.5. The molecule has 0 radical (unpaired) electrons. The quantitative estimate of drug-likeness (QED) is 0.611. The Hall–Kier alpha value is -0.540. The summed E-state index contributed by atoms with van der Waals surface area (Å²) in [5.74, 6) is 0. The lowest BCUT2D eigenvalue weighted by Gasteiger charge is -1.70. The van der Waals surface area contributed by atoms with E-state index < -0.39 is 8.25 Å². The van der Waals surface area contributed by atoms with Gasteiger partial charge in [-0.05, 0) is 12.1 Å². The van der Waals surface area contributed by atoms with Gasteiger partial charge in [0.05, 0.1) is 0 Å². The van der Waals surface area contributed by atoms with Gasteiger partial charge in [0.25, 0.3) is 0 Å². The highest BCUT2D eigenvalue weighted by molar-refractivity contribution is 7.30. The molecule has 0 aliphatic rings. The average Bonchev–Trinajstić information content (AvgIpc) is 1.90. The van der Waals surface area contributed by atoms with E-state index in [1.165, 1.54) is 0 Å². The fourth-order valence-electron chi connectivity index (χ4n) is 0.313. The predicted octanol–water partition coefficient (Wildman–Crippen LogP) is 1.13. The molecule has 1 aromatic heterocycles. The van der Waals surface area contributed by atoms with Crippen molar-refractivity contribution in [2.24, 2.45) is 0 Å². The van der Waals surface area contributed by atoms with Crippen LogP contribution in [0.4, 0.5) is 0 Å². The van der Waals surface area contributed by atoms with E-state index in [4.69, 9.17) is 14.4 Å². The van der Waals surface area contributed by atoms with E-state index in [0.29, 0.717) is 0 Å². The summed E-state index contributed by atoms with van der Waals surface area (Å²) in [7, 11) is -2.87. The molecule has 62 valence electrons. The molecule has 1 aromatic rings. The van der Waals surface area contributed by atoms with Gasteiger partial charge in [-0.2, -0.15) is 0 Å². The number of pyridine rings is 1. The lowest BCUT2D eigenvalue weighted by Crippen LogP contribution is -1.58. The minimum absolute atomic E-state index is 0. The maximum Gasteiger partial charge on any atom is 0.692 e. The number of nitrogens with zero attached hydrogens (tertiary/aromatic N) is 1. The van der Waals surface area contributed by atoms with Gasteiger partial charge in [-0.1, -0.05) is 6.07 Å². The van der Waals surface area contributed by atoms with Crippen molar-refractivity contribution in [1.29, 1.82) is 0 Å². The zero-order valence-corrected chi connectivity index (χ0v) is 7.20. The van der Waals surface area contributed by atoms with E-state index in [0.717, 1.165) is 0 Å². The summed E-state index contributed by atoms with van der Waals surface area (Å²) in [6.45, 7) is 0. The van der Waals surface area contributed by atoms with Crippen LogP contribution in [0.25, 0.3) is 0 Å². The molecular formula is C5H8ClNO3P+. The van der Waals surface area contributed by atoms with Crippen molar-refractivity contribution >= 4 is 20.7 Å². The molecule has 0 spiro atoms. The topological polar surface area (TPSA) is 70.4 Å². The Morgan fingerprint density at radius 3 is 1.55 bits per heavy atom. The summed E-state index contributed by atoms with van der Waals surface area (Å²) < 4.78 is 8.70. The zero-order valence-electron chi connectivity index (χ0n) is 5.49. The minimum atomic E-state index is -2.87. The largest absolute Gasteiger partial charge is 0.692 e. The standard InChI is InChI=1S/C5H5N.ClH.HO3P/c1-2-4-6-5-3-1;;1-4(2)3/h1-5H;1H;(H-,1,2,3)/p+1. The second kappa shape index (κ2) is 9.46. The molecule has 0 atom stereocenters. The van der Waals surface area contributed by atoms with Crippen LogP contribution >= 0.6 is 20.7 Å². The van der Waals surface area contributed by atoms with Crippen molar-refractivity contribution in [2.75, 3.05) is 0 Å². The number of aromatic nitrogens is 1. The van der Waals surface area contributed by atoms with Crippen molar-refractivity contribution < 1.29 is 14.4 Å². The van der Waals surface area contributed by atoms with Crippen LogP contribution in [0.1, 0.15) is 0 Å². The van der Waals surface area contributed by atoms with Gasteiger partial charge in [0.2, 0.25) is 0 Å². The number of rotatable bonds is 0. The molecule has 0 aliphatic carbocycles. The van der Waals surface area contributed by atoms with Crippen molar-refractivity contribution in [3.63, 3.8) is 0 Å². The van der Waals surface area contributed by atoms with Crippen LogP contribution in [0.5, 0.6) is 0 Å². The molecule has 2 N–H and O–H groups in total. The van der Waals surface area contributed by atoms with Crippen molar-refractivity contribution in [1.82, 2.24) is 4.98 Å². The zero-order chi connectivity index (χ0) is 7.82. The molecule has 11 heavy (non-hydrogen) atoms. The highest BCUT2D eigenvalue weighted by Crippen LogP contribution is 1.98. The smallest absolute Gasteiger partial charge is 0.265 e. The molecule has 0 bridgehead atoms. The number of halogens is 1. The average molecular weight is 197 g/mol. The van der Waals surface area contributed by atoms with Gasteiger partial charge in [0, 0.05) is 17.0 Å². The van der Waals surface area contributed by atoms with Crippen molar-refractivity contribution in [3.8, 4) is 0 Å². The van der Waals surface area contributed by atoms with E-state index in [1.54, 1.807) is 12.4 Å². The third-order valence-electron chi connectivity index (χ3n) is 0.566. The SMILES string of the molecule is Cl.O=[P+](O)O.c1ccncc1. The molecule has 0 amide bonds. The van der Waals surface area contributed by atoms with Gasteiger partial charge >= 0.3 is 8.25 Å². The van der Waals surface area contributed by atoms with Crippen LogP contribution in [0.15, 0.2) is 30.6 Å². The second-order valence-electron chi connectivity index (χ2n) is 1.28. The molecule has 0 saturated heterocycles. The third-order valence-corrected chi connectivity index (χ3v) is 0.566. The van der Waals surface area contributed by atoms with E-state index in [9.17, 15) is 0 Å². The van der Waals surface area contributed by atoms with Crippen molar-refractivity contribution in [3.05, 3.63) is 30.6 Å². The van der Waals surface area contributed by atoms with Gasteiger partial charge in [0.15, 0.2) is 0 Å².